The van der Waals surface area contributed by atoms with E-state index in [1.165, 1.54) is 22.3 Å². The lowest BCUT2D eigenvalue weighted by Gasteiger charge is -2.27. The fourth-order valence-electron chi connectivity index (χ4n) is 1.89. The molecule has 2 amide bonds. The zero-order valence-corrected chi connectivity index (χ0v) is 14.0. The fraction of sp³-hybridized carbons (Fsp3) is 0.286. The van der Waals surface area contributed by atoms with Gasteiger partial charge in [0, 0.05) is 24.2 Å². The summed E-state index contributed by atoms with van der Waals surface area (Å²) in [6.07, 6.45) is 4.80. The number of aromatic nitrogens is 1. The first-order valence-electron chi connectivity index (χ1n) is 6.51. The molecule has 1 N–H and O–H groups in total. The van der Waals surface area contributed by atoms with Gasteiger partial charge >= 0.3 is 0 Å². The van der Waals surface area contributed by atoms with Crippen LogP contribution < -0.4 is 5.32 Å². The third-order valence-electron chi connectivity index (χ3n) is 2.81. The molecule has 1 aromatic rings. The molecule has 1 saturated heterocycles. The maximum atomic E-state index is 12.4. The molecule has 0 aromatic carbocycles. The zero-order chi connectivity index (χ0) is 16.3. The summed E-state index contributed by atoms with van der Waals surface area (Å²) in [4.78, 5) is 32.9. The molecule has 6 nitrogen and oxygen atoms in total. The Kier molecular flexibility index (Phi) is 5.17. The molecule has 2 heterocycles. The van der Waals surface area contributed by atoms with Crippen molar-refractivity contribution in [3.05, 3.63) is 34.3 Å². The maximum Gasteiger partial charge on any atom is 0.266 e. The number of carbonyl (C=O) groups excluding carboxylic acids is 2. The van der Waals surface area contributed by atoms with E-state index in [9.17, 15) is 9.59 Å². The Morgan fingerprint density at radius 2 is 2.23 bits per heavy atom. The van der Waals surface area contributed by atoms with Gasteiger partial charge in [-0.05, 0) is 32.4 Å². The Balaban J connectivity index is 2.26. The van der Waals surface area contributed by atoms with Gasteiger partial charge in [0.15, 0.2) is 5.11 Å². The first kappa shape index (κ1) is 16.5. The van der Waals surface area contributed by atoms with Crippen molar-refractivity contribution in [2.75, 3.05) is 20.6 Å². The lowest BCUT2D eigenvalue weighted by atomic mass is 10.1. The Labute approximate surface area is 138 Å². The Morgan fingerprint density at radius 1 is 1.50 bits per heavy atom. The molecule has 8 heteroatoms. The number of thiocarbonyl (C=S) groups is 1. The largest absolute Gasteiger partial charge is 0.304 e. The van der Waals surface area contributed by atoms with E-state index in [2.05, 4.69) is 16.9 Å². The van der Waals surface area contributed by atoms with Crippen LogP contribution in [0.2, 0.25) is 0 Å². The number of hydrogen-bond acceptors (Lipinski definition) is 6. The summed E-state index contributed by atoms with van der Waals surface area (Å²) in [7, 11) is 3.92. The minimum atomic E-state index is -0.500. The predicted molar refractivity (Wildman–Crippen MR) is 90.1 cm³/mol. The summed E-state index contributed by atoms with van der Waals surface area (Å²) in [5.74, 6) is -0.933. The Morgan fingerprint density at radius 3 is 2.86 bits per heavy atom. The van der Waals surface area contributed by atoms with Crippen molar-refractivity contribution in [3.8, 4) is 0 Å². The minimum Gasteiger partial charge on any atom is -0.304 e. The minimum absolute atomic E-state index is 0.0289. The highest BCUT2D eigenvalue weighted by Crippen LogP contribution is 2.19. The molecule has 0 unspecified atom stereocenters. The van der Waals surface area contributed by atoms with Gasteiger partial charge in [-0.15, -0.1) is 17.9 Å². The molecule has 0 saturated carbocycles. The summed E-state index contributed by atoms with van der Waals surface area (Å²) >= 11 is 6.44. The highest BCUT2D eigenvalue weighted by molar-refractivity contribution is 7.80. The van der Waals surface area contributed by atoms with Gasteiger partial charge in [-0.1, -0.05) is 6.08 Å². The van der Waals surface area contributed by atoms with Crippen molar-refractivity contribution >= 4 is 46.6 Å². The predicted octanol–water partition coefficient (Wildman–Crippen LogP) is 1.02. The normalized spacial score (nSPS) is 17.3. The topological polar surface area (TPSA) is 65.5 Å². The number of carbonyl (C=O) groups is 2. The molecule has 1 aromatic heterocycles. The van der Waals surface area contributed by atoms with Gasteiger partial charge in [-0.3, -0.25) is 19.8 Å². The molecule has 0 radical (unpaired) electrons. The number of nitrogens with one attached hydrogen (secondary N) is 1. The monoisotopic (exact) mass is 336 g/mol. The van der Waals surface area contributed by atoms with Crippen molar-refractivity contribution in [2.45, 2.75) is 6.54 Å². The second kappa shape index (κ2) is 6.91. The number of rotatable bonds is 5. The quantitative estimate of drug-likeness (QED) is 0.376. The van der Waals surface area contributed by atoms with Crippen LogP contribution in [0.5, 0.6) is 0 Å². The third-order valence-corrected chi connectivity index (χ3v) is 4.06. The lowest BCUT2D eigenvalue weighted by molar-refractivity contribution is -0.128. The molecular formula is C14H16N4O2S2. The average Bonchev–Trinajstić information content (AvgIpc) is 2.86. The molecule has 0 bridgehead atoms. The van der Waals surface area contributed by atoms with Crippen molar-refractivity contribution < 1.29 is 9.59 Å². The van der Waals surface area contributed by atoms with E-state index in [1.807, 2.05) is 19.0 Å². The van der Waals surface area contributed by atoms with Gasteiger partial charge in [0.2, 0.25) is 0 Å². The molecular weight excluding hydrogens is 320 g/mol. The van der Waals surface area contributed by atoms with Crippen molar-refractivity contribution in [1.29, 1.82) is 0 Å². The fourth-order valence-corrected chi connectivity index (χ4v) is 3.12. The zero-order valence-electron chi connectivity index (χ0n) is 12.3. The number of thiazole rings is 1. The molecule has 116 valence electrons. The second-order valence-corrected chi connectivity index (χ2v) is 6.46. The number of nitrogens with zero attached hydrogens (tertiary/aromatic N) is 3. The van der Waals surface area contributed by atoms with Gasteiger partial charge in [-0.2, -0.15) is 0 Å². The average molecular weight is 336 g/mol. The van der Waals surface area contributed by atoms with E-state index >= 15 is 0 Å². The van der Waals surface area contributed by atoms with Gasteiger partial charge < -0.3 is 4.90 Å². The van der Waals surface area contributed by atoms with Gasteiger partial charge in [0.05, 0.1) is 0 Å². The van der Waals surface area contributed by atoms with Crippen LogP contribution >= 0.6 is 23.6 Å². The first-order valence-corrected chi connectivity index (χ1v) is 7.74. The highest BCUT2D eigenvalue weighted by Gasteiger charge is 2.32. The molecule has 0 atom stereocenters. The van der Waals surface area contributed by atoms with Crippen LogP contribution in [0, 0.1) is 0 Å². The smallest absolute Gasteiger partial charge is 0.266 e. The number of amides is 2. The van der Waals surface area contributed by atoms with Gasteiger partial charge in [-0.25, -0.2) is 4.98 Å². The van der Waals surface area contributed by atoms with E-state index in [-0.39, 0.29) is 17.2 Å². The Bertz CT molecular complexity index is 664. The van der Waals surface area contributed by atoms with Crippen LogP contribution in [0.1, 0.15) is 9.88 Å². The summed E-state index contributed by atoms with van der Waals surface area (Å²) in [6.45, 7) is 4.59. The molecule has 0 spiro atoms. The van der Waals surface area contributed by atoms with Crippen LogP contribution in [-0.2, 0) is 16.1 Å². The van der Waals surface area contributed by atoms with Crippen LogP contribution in [-0.4, -0.2) is 52.4 Å². The SMILES string of the molecule is C=CCN1C(=O)C(=Cc2ncc(CN(C)C)s2)C(=O)NC1=S. The van der Waals surface area contributed by atoms with E-state index in [4.69, 9.17) is 12.2 Å². The van der Waals surface area contributed by atoms with Gasteiger partial charge in [0.25, 0.3) is 11.8 Å². The van der Waals surface area contributed by atoms with Gasteiger partial charge in [0.1, 0.15) is 10.6 Å². The van der Waals surface area contributed by atoms with Crippen LogP contribution in [0.25, 0.3) is 6.08 Å². The molecule has 0 aliphatic carbocycles. The van der Waals surface area contributed by atoms with Crippen LogP contribution in [0.15, 0.2) is 24.4 Å². The highest BCUT2D eigenvalue weighted by atomic mass is 32.1. The van der Waals surface area contributed by atoms with Crippen molar-refractivity contribution in [1.82, 2.24) is 20.1 Å². The number of hydrogen-bond donors (Lipinski definition) is 1. The summed E-state index contributed by atoms with van der Waals surface area (Å²) in [5.41, 5.74) is 0.0289. The van der Waals surface area contributed by atoms with E-state index in [0.29, 0.717) is 5.01 Å². The standard InChI is InChI=1S/C14H16N4O2S2/c1-4-5-18-13(20)10(12(19)16-14(18)21)6-11-15-7-9(22-11)8-17(2)3/h4,6-7H,1,5,8H2,2-3H3,(H,16,19,21). The van der Waals surface area contributed by atoms with Crippen molar-refractivity contribution in [2.24, 2.45) is 0 Å². The van der Waals surface area contributed by atoms with E-state index in [0.717, 1.165) is 11.4 Å². The van der Waals surface area contributed by atoms with Crippen molar-refractivity contribution in [3.63, 3.8) is 0 Å². The first-order chi connectivity index (χ1) is 10.4. The summed E-state index contributed by atoms with van der Waals surface area (Å²) in [6, 6.07) is 0. The lowest BCUT2D eigenvalue weighted by Crippen LogP contribution is -2.53. The van der Waals surface area contributed by atoms with E-state index < -0.39 is 11.8 Å². The van der Waals surface area contributed by atoms with Crippen LogP contribution in [0.4, 0.5) is 0 Å². The summed E-state index contributed by atoms with van der Waals surface area (Å²) in [5, 5.41) is 3.21. The molecule has 22 heavy (non-hydrogen) atoms. The molecule has 1 fully saturated rings. The molecule has 1 aliphatic rings. The second-order valence-electron chi connectivity index (χ2n) is 4.92. The maximum absolute atomic E-state index is 12.4. The van der Waals surface area contributed by atoms with Crippen LogP contribution in [0.3, 0.4) is 0 Å². The summed E-state index contributed by atoms with van der Waals surface area (Å²) < 4.78 is 0. The van der Waals surface area contributed by atoms with E-state index in [1.54, 1.807) is 12.3 Å². The Hall–Kier alpha value is -1.90. The molecule has 1 aliphatic heterocycles. The third kappa shape index (κ3) is 3.65. The molecule has 2 rings (SSSR count).